The lowest BCUT2D eigenvalue weighted by Gasteiger charge is -2.35. The van der Waals surface area contributed by atoms with Gasteiger partial charge in [0.05, 0.1) is 11.7 Å². The monoisotopic (exact) mass is 473 g/mol. The number of aromatic nitrogens is 2. The van der Waals surface area contributed by atoms with Gasteiger partial charge in [-0.1, -0.05) is 32.9 Å². The molecule has 1 aliphatic rings. The first kappa shape index (κ1) is 24.6. The fraction of sp³-hybridized carbons (Fsp3) is 0.370. The smallest absolute Gasteiger partial charge is 0.241 e. The van der Waals surface area contributed by atoms with Crippen molar-refractivity contribution >= 4 is 28.9 Å². The molecule has 35 heavy (non-hydrogen) atoms. The van der Waals surface area contributed by atoms with Gasteiger partial charge in [0.1, 0.15) is 0 Å². The van der Waals surface area contributed by atoms with Gasteiger partial charge in [0.2, 0.25) is 11.9 Å². The highest BCUT2D eigenvalue weighted by atomic mass is 16.2. The Kier molecular flexibility index (Phi) is 7.94. The molecular weight excluding hydrogens is 438 g/mol. The van der Waals surface area contributed by atoms with Crippen LogP contribution in [-0.2, 0) is 4.79 Å². The number of hydrogen-bond donors (Lipinski definition) is 3. The average molecular weight is 474 g/mol. The van der Waals surface area contributed by atoms with Crippen LogP contribution in [0.1, 0.15) is 20.8 Å². The second-order valence-corrected chi connectivity index (χ2v) is 9.20. The van der Waals surface area contributed by atoms with Crippen molar-refractivity contribution in [1.82, 2.24) is 14.9 Å². The van der Waals surface area contributed by atoms with Crippen molar-refractivity contribution in [2.45, 2.75) is 26.8 Å². The highest BCUT2D eigenvalue weighted by Gasteiger charge is 2.17. The van der Waals surface area contributed by atoms with E-state index in [-0.39, 0.29) is 11.8 Å². The number of benzene rings is 2. The summed E-state index contributed by atoms with van der Waals surface area (Å²) in [6.45, 7) is 11.5. The van der Waals surface area contributed by atoms with Crippen LogP contribution in [0.4, 0.5) is 23.0 Å². The van der Waals surface area contributed by atoms with Crippen LogP contribution in [0.25, 0.3) is 11.3 Å². The number of piperazine rings is 1. The van der Waals surface area contributed by atoms with Gasteiger partial charge in [0.15, 0.2) is 0 Å². The molecule has 2 heterocycles. The maximum atomic E-state index is 12.2. The van der Waals surface area contributed by atoms with Crippen LogP contribution in [0.5, 0.6) is 0 Å². The van der Waals surface area contributed by atoms with Crippen LogP contribution in [0.2, 0.25) is 0 Å². The lowest BCUT2D eigenvalue weighted by molar-refractivity contribution is -0.118. The van der Waals surface area contributed by atoms with E-state index in [1.165, 1.54) is 5.69 Å². The molecule has 0 radical (unpaired) electrons. The van der Waals surface area contributed by atoms with Gasteiger partial charge in [0.25, 0.3) is 0 Å². The van der Waals surface area contributed by atoms with E-state index in [1.807, 2.05) is 44.2 Å². The van der Waals surface area contributed by atoms with Crippen molar-refractivity contribution in [2.24, 2.45) is 11.7 Å². The number of carbonyl (C=O) groups excluding carboxylic acids is 1. The first-order valence-electron chi connectivity index (χ1n) is 12.3. The third kappa shape index (κ3) is 6.35. The summed E-state index contributed by atoms with van der Waals surface area (Å²) < 4.78 is 0. The van der Waals surface area contributed by atoms with Gasteiger partial charge in [-0.3, -0.25) is 4.79 Å². The first-order chi connectivity index (χ1) is 16.9. The maximum absolute atomic E-state index is 12.2. The van der Waals surface area contributed by atoms with Crippen molar-refractivity contribution in [1.29, 1.82) is 0 Å². The van der Waals surface area contributed by atoms with E-state index in [1.54, 1.807) is 6.20 Å². The van der Waals surface area contributed by atoms with E-state index in [2.05, 4.69) is 61.6 Å². The van der Waals surface area contributed by atoms with Crippen molar-refractivity contribution in [3.8, 4) is 11.3 Å². The average Bonchev–Trinajstić information content (AvgIpc) is 2.89. The standard InChI is InChI=1S/C27H35N7O/c1-4-33-15-17-34(18-16-33)23-11-9-22(10-12-23)31-27-29-14-13-24(32-27)20-5-7-21(8-6-20)30-26(35)25(28)19(2)3/h5-14,19,25H,4,15-18,28H2,1-3H3,(H,30,35)(H,29,31,32)/t25-/m1/s1. The van der Waals surface area contributed by atoms with Crippen LogP contribution in [0, 0.1) is 5.92 Å². The Bertz CT molecular complexity index is 1110. The highest BCUT2D eigenvalue weighted by molar-refractivity contribution is 5.95. The Morgan fingerprint density at radius 1 is 0.971 bits per heavy atom. The minimum Gasteiger partial charge on any atom is -0.369 e. The Labute approximate surface area is 207 Å². The van der Waals surface area contributed by atoms with E-state index in [0.29, 0.717) is 11.6 Å². The molecule has 0 aliphatic carbocycles. The van der Waals surface area contributed by atoms with E-state index < -0.39 is 6.04 Å². The second-order valence-electron chi connectivity index (χ2n) is 9.20. The maximum Gasteiger partial charge on any atom is 0.241 e. The molecule has 1 aliphatic heterocycles. The van der Waals surface area contributed by atoms with Crippen molar-refractivity contribution in [3.05, 3.63) is 60.8 Å². The van der Waals surface area contributed by atoms with Gasteiger partial charge < -0.3 is 26.2 Å². The van der Waals surface area contributed by atoms with Crippen LogP contribution >= 0.6 is 0 Å². The first-order valence-corrected chi connectivity index (χ1v) is 12.3. The summed E-state index contributed by atoms with van der Waals surface area (Å²) in [5.74, 6) is 0.427. The van der Waals surface area contributed by atoms with E-state index >= 15 is 0 Å². The molecule has 4 rings (SSSR count). The number of hydrogen-bond acceptors (Lipinski definition) is 7. The topological polar surface area (TPSA) is 99.4 Å². The zero-order valence-corrected chi connectivity index (χ0v) is 20.7. The molecule has 2 aromatic carbocycles. The Morgan fingerprint density at radius 3 is 2.26 bits per heavy atom. The van der Waals surface area contributed by atoms with Gasteiger partial charge in [0, 0.05) is 55.0 Å². The second kappa shape index (κ2) is 11.3. The van der Waals surface area contributed by atoms with Crippen LogP contribution < -0.4 is 21.3 Å². The Morgan fingerprint density at radius 2 is 1.63 bits per heavy atom. The molecule has 1 amide bonds. The molecule has 1 atom stereocenters. The Balaban J connectivity index is 1.38. The minimum atomic E-state index is -0.537. The lowest BCUT2D eigenvalue weighted by Crippen LogP contribution is -2.46. The van der Waals surface area contributed by atoms with Gasteiger partial charge in [-0.05, 0) is 54.9 Å². The van der Waals surface area contributed by atoms with E-state index in [9.17, 15) is 4.79 Å². The summed E-state index contributed by atoms with van der Waals surface area (Å²) in [6, 6.07) is 17.3. The van der Waals surface area contributed by atoms with Crippen molar-refractivity contribution in [3.63, 3.8) is 0 Å². The Hall–Kier alpha value is -3.49. The van der Waals surface area contributed by atoms with Gasteiger partial charge in [-0.25, -0.2) is 9.97 Å². The van der Waals surface area contributed by atoms with Crippen LogP contribution in [0.3, 0.4) is 0 Å². The molecule has 8 nitrogen and oxygen atoms in total. The van der Waals surface area contributed by atoms with Gasteiger partial charge >= 0.3 is 0 Å². The van der Waals surface area contributed by atoms with Crippen molar-refractivity contribution < 1.29 is 4.79 Å². The highest BCUT2D eigenvalue weighted by Crippen LogP contribution is 2.24. The number of nitrogens with zero attached hydrogens (tertiary/aromatic N) is 4. The molecular formula is C27H35N7O. The molecule has 0 saturated carbocycles. The fourth-order valence-electron chi connectivity index (χ4n) is 4.04. The molecule has 1 aromatic heterocycles. The third-order valence-corrected chi connectivity index (χ3v) is 6.43. The zero-order chi connectivity index (χ0) is 24.8. The summed E-state index contributed by atoms with van der Waals surface area (Å²) in [4.78, 5) is 26.1. The van der Waals surface area contributed by atoms with Crippen molar-refractivity contribution in [2.75, 3.05) is 48.3 Å². The number of rotatable bonds is 8. The van der Waals surface area contributed by atoms with Crippen LogP contribution in [0.15, 0.2) is 60.8 Å². The predicted molar refractivity (Wildman–Crippen MR) is 143 cm³/mol. The minimum absolute atomic E-state index is 0.0777. The SMILES string of the molecule is CCN1CCN(c2ccc(Nc3nccc(-c4ccc(NC(=O)[C@H](N)C(C)C)cc4)n3)cc2)CC1. The third-order valence-electron chi connectivity index (χ3n) is 6.43. The van der Waals surface area contributed by atoms with E-state index in [4.69, 9.17) is 5.73 Å². The molecule has 1 fully saturated rings. The summed E-state index contributed by atoms with van der Waals surface area (Å²) in [5, 5.41) is 6.17. The lowest BCUT2D eigenvalue weighted by atomic mass is 10.0. The number of nitrogens with two attached hydrogens (primary N) is 1. The summed E-state index contributed by atoms with van der Waals surface area (Å²) in [5.41, 5.74) is 10.5. The molecule has 0 unspecified atom stereocenters. The number of nitrogens with one attached hydrogen (secondary N) is 2. The number of amides is 1. The predicted octanol–water partition coefficient (Wildman–Crippen LogP) is 3.95. The summed E-state index contributed by atoms with van der Waals surface area (Å²) >= 11 is 0. The summed E-state index contributed by atoms with van der Waals surface area (Å²) in [7, 11) is 0. The molecule has 1 saturated heterocycles. The molecule has 0 spiro atoms. The molecule has 184 valence electrons. The van der Waals surface area contributed by atoms with E-state index in [0.717, 1.165) is 49.7 Å². The number of likely N-dealkylation sites (N-methyl/N-ethyl adjacent to an activating group) is 1. The number of carbonyl (C=O) groups is 1. The van der Waals surface area contributed by atoms with Crippen LogP contribution in [-0.4, -0.2) is 59.5 Å². The summed E-state index contributed by atoms with van der Waals surface area (Å²) in [6.07, 6.45) is 1.74. The molecule has 3 aromatic rings. The molecule has 8 heteroatoms. The zero-order valence-electron chi connectivity index (χ0n) is 20.7. The van der Waals surface area contributed by atoms with Gasteiger partial charge in [-0.15, -0.1) is 0 Å². The van der Waals surface area contributed by atoms with Gasteiger partial charge in [-0.2, -0.15) is 0 Å². The largest absolute Gasteiger partial charge is 0.369 e. The number of anilines is 4. The fourth-order valence-corrected chi connectivity index (χ4v) is 4.04. The molecule has 4 N–H and O–H groups in total. The quantitative estimate of drug-likeness (QED) is 0.455. The molecule has 0 bridgehead atoms. The normalized spacial score (nSPS) is 15.2.